The highest BCUT2D eigenvalue weighted by Gasteiger charge is 2.04. The van der Waals surface area contributed by atoms with Crippen molar-refractivity contribution in [2.45, 2.75) is 6.92 Å². The summed E-state index contributed by atoms with van der Waals surface area (Å²) >= 11 is 11.7. The van der Waals surface area contributed by atoms with Crippen LogP contribution in [0, 0.1) is 6.92 Å². The summed E-state index contributed by atoms with van der Waals surface area (Å²) in [6.45, 7) is 1.66. The number of nitrogens with two attached hydrogens (primary N) is 1. The van der Waals surface area contributed by atoms with Gasteiger partial charge in [-0.3, -0.25) is 9.78 Å². The van der Waals surface area contributed by atoms with Crippen LogP contribution in [0.1, 0.15) is 11.3 Å². The van der Waals surface area contributed by atoms with Gasteiger partial charge in [0.2, 0.25) is 5.95 Å². The smallest absolute Gasteiger partial charge is 0.278 e. The number of aliphatic imine (C=N–C) groups is 1. The quantitative estimate of drug-likeness (QED) is 0.836. The van der Waals surface area contributed by atoms with Crippen molar-refractivity contribution in [3.63, 3.8) is 0 Å². The zero-order chi connectivity index (χ0) is 14.0. The Kier molecular flexibility index (Phi) is 3.87. The van der Waals surface area contributed by atoms with Gasteiger partial charge in [0.25, 0.3) is 5.56 Å². The first-order chi connectivity index (χ1) is 8.97. The van der Waals surface area contributed by atoms with Gasteiger partial charge in [-0.1, -0.05) is 29.3 Å². The molecule has 0 saturated carbocycles. The summed E-state index contributed by atoms with van der Waals surface area (Å²) in [5.41, 5.74) is 6.43. The van der Waals surface area contributed by atoms with E-state index in [2.05, 4.69) is 15.0 Å². The van der Waals surface area contributed by atoms with E-state index < -0.39 is 0 Å². The van der Waals surface area contributed by atoms with E-state index in [1.165, 1.54) is 6.21 Å². The third-order valence-electron chi connectivity index (χ3n) is 2.37. The molecule has 0 unspecified atom stereocenters. The standard InChI is InChI=1S/C12H10Cl2N4O/c1-6-10(11(19)18-12(15)17-6)16-5-7-2-3-8(13)9(14)4-7/h2-5H,1H3,(H3,15,17,18,19). The van der Waals surface area contributed by atoms with Gasteiger partial charge < -0.3 is 5.73 Å². The molecule has 0 bridgehead atoms. The molecule has 0 atom stereocenters. The Labute approximate surface area is 119 Å². The highest BCUT2D eigenvalue weighted by Crippen LogP contribution is 2.22. The van der Waals surface area contributed by atoms with Gasteiger partial charge in [0, 0.05) is 6.21 Å². The van der Waals surface area contributed by atoms with Crippen LogP contribution in [0.5, 0.6) is 0 Å². The van der Waals surface area contributed by atoms with E-state index in [0.717, 1.165) is 5.56 Å². The van der Waals surface area contributed by atoms with Crippen molar-refractivity contribution in [1.82, 2.24) is 9.97 Å². The first-order valence-electron chi connectivity index (χ1n) is 5.33. The molecule has 2 rings (SSSR count). The van der Waals surface area contributed by atoms with E-state index in [4.69, 9.17) is 28.9 Å². The molecular weight excluding hydrogens is 287 g/mol. The van der Waals surface area contributed by atoms with Crippen LogP contribution in [0.4, 0.5) is 11.6 Å². The van der Waals surface area contributed by atoms with E-state index in [0.29, 0.717) is 15.7 Å². The highest BCUT2D eigenvalue weighted by molar-refractivity contribution is 6.42. The normalized spacial score (nSPS) is 11.1. The maximum absolute atomic E-state index is 11.7. The summed E-state index contributed by atoms with van der Waals surface area (Å²) in [6, 6.07) is 5.05. The van der Waals surface area contributed by atoms with Gasteiger partial charge in [-0.05, 0) is 24.6 Å². The molecule has 1 aromatic heterocycles. The Hall–Kier alpha value is -1.85. The number of hydrogen-bond acceptors (Lipinski definition) is 4. The lowest BCUT2D eigenvalue weighted by atomic mass is 10.2. The molecule has 7 heteroatoms. The number of aromatic nitrogens is 2. The van der Waals surface area contributed by atoms with Crippen LogP contribution in [0.2, 0.25) is 10.0 Å². The van der Waals surface area contributed by atoms with Crippen molar-refractivity contribution in [2.75, 3.05) is 5.73 Å². The number of rotatable bonds is 2. The van der Waals surface area contributed by atoms with Crippen LogP contribution in [0.3, 0.4) is 0 Å². The third kappa shape index (κ3) is 3.13. The molecule has 0 saturated heterocycles. The number of hydrogen-bond donors (Lipinski definition) is 2. The minimum absolute atomic E-state index is 0.0657. The van der Waals surface area contributed by atoms with Gasteiger partial charge in [-0.2, -0.15) is 0 Å². The second-order valence-electron chi connectivity index (χ2n) is 3.82. The zero-order valence-corrected chi connectivity index (χ0v) is 11.5. The minimum atomic E-state index is -0.388. The summed E-state index contributed by atoms with van der Waals surface area (Å²) in [7, 11) is 0. The number of halogens is 2. The lowest BCUT2D eigenvalue weighted by Gasteiger charge is -2.00. The van der Waals surface area contributed by atoms with Crippen LogP contribution < -0.4 is 11.3 Å². The molecule has 0 spiro atoms. The SMILES string of the molecule is Cc1nc(N)[nH]c(=O)c1N=Cc1ccc(Cl)c(Cl)c1. The van der Waals surface area contributed by atoms with Crippen LogP contribution in [0.15, 0.2) is 28.0 Å². The molecule has 1 aromatic carbocycles. The van der Waals surface area contributed by atoms with E-state index in [1.54, 1.807) is 25.1 Å². The van der Waals surface area contributed by atoms with Crippen molar-refractivity contribution < 1.29 is 0 Å². The first-order valence-corrected chi connectivity index (χ1v) is 6.08. The molecule has 0 aliphatic heterocycles. The van der Waals surface area contributed by atoms with Gasteiger partial charge >= 0.3 is 0 Å². The Bertz CT molecular complexity index is 709. The summed E-state index contributed by atoms with van der Waals surface area (Å²) in [5, 5.41) is 0.883. The topological polar surface area (TPSA) is 84.1 Å². The van der Waals surface area contributed by atoms with Crippen LogP contribution >= 0.6 is 23.2 Å². The van der Waals surface area contributed by atoms with Gasteiger partial charge in [0.15, 0.2) is 0 Å². The molecule has 5 nitrogen and oxygen atoms in total. The molecule has 0 amide bonds. The minimum Gasteiger partial charge on any atom is -0.369 e. The van der Waals surface area contributed by atoms with Gasteiger partial charge in [0.1, 0.15) is 5.69 Å². The van der Waals surface area contributed by atoms with Gasteiger partial charge in [-0.15, -0.1) is 0 Å². The van der Waals surface area contributed by atoms with E-state index in [9.17, 15) is 4.79 Å². The highest BCUT2D eigenvalue weighted by atomic mass is 35.5. The average molecular weight is 297 g/mol. The molecule has 0 radical (unpaired) electrons. The molecule has 0 aliphatic rings. The van der Waals surface area contributed by atoms with Crippen molar-refractivity contribution in [3.8, 4) is 0 Å². The lowest BCUT2D eigenvalue weighted by Crippen LogP contribution is -2.12. The average Bonchev–Trinajstić information content (AvgIpc) is 2.32. The predicted molar refractivity (Wildman–Crippen MR) is 77.7 cm³/mol. The van der Waals surface area contributed by atoms with E-state index >= 15 is 0 Å². The Morgan fingerprint density at radius 1 is 1.37 bits per heavy atom. The molecule has 19 heavy (non-hydrogen) atoms. The maximum atomic E-state index is 11.7. The number of H-pyrrole nitrogens is 1. The zero-order valence-electron chi connectivity index (χ0n) is 9.95. The lowest BCUT2D eigenvalue weighted by molar-refractivity contribution is 1.07. The van der Waals surface area contributed by atoms with Crippen LogP contribution in [-0.2, 0) is 0 Å². The fraction of sp³-hybridized carbons (Fsp3) is 0.0833. The summed E-state index contributed by atoms with van der Waals surface area (Å²) in [6.07, 6.45) is 1.51. The van der Waals surface area contributed by atoms with Crippen molar-refractivity contribution in [2.24, 2.45) is 4.99 Å². The second-order valence-corrected chi connectivity index (χ2v) is 4.63. The van der Waals surface area contributed by atoms with E-state index in [1.807, 2.05) is 0 Å². The Morgan fingerprint density at radius 2 is 2.11 bits per heavy atom. The Balaban J connectivity index is 2.38. The van der Waals surface area contributed by atoms with Crippen molar-refractivity contribution in [3.05, 3.63) is 49.9 Å². The molecule has 1 heterocycles. The molecule has 0 fully saturated rings. The Morgan fingerprint density at radius 3 is 2.74 bits per heavy atom. The van der Waals surface area contributed by atoms with Crippen LogP contribution in [-0.4, -0.2) is 16.2 Å². The molecule has 2 aromatic rings. The number of anilines is 1. The van der Waals surface area contributed by atoms with Crippen molar-refractivity contribution >= 4 is 41.1 Å². The third-order valence-corrected chi connectivity index (χ3v) is 3.11. The number of aryl methyl sites for hydroxylation is 1. The van der Waals surface area contributed by atoms with Crippen molar-refractivity contribution in [1.29, 1.82) is 0 Å². The predicted octanol–water partition coefficient (Wildman–Crippen LogP) is 2.72. The second kappa shape index (κ2) is 5.42. The molecule has 3 N–H and O–H groups in total. The monoisotopic (exact) mass is 296 g/mol. The molecule has 98 valence electrons. The summed E-state index contributed by atoms with van der Waals surface area (Å²) < 4.78 is 0. The number of benzene rings is 1. The maximum Gasteiger partial charge on any atom is 0.278 e. The fourth-order valence-corrected chi connectivity index (χ4v) is 1.79. The number of nitrogens with one attached hydrogen (secondary N) is 1. The number of nitrogens with zero attached hydrogens (tertiary/aromatic N) is 2. The fourth-order valence-electron chi connectivity index (χ4n) is 1.49. The van der Waals surface area contributed by atoms with Gasteiger partial charge in [0.05, 0.1) is 15.7 Å². The summed E-state index contributed by atoms with van der Waals surface area (Å²) in [5.74, 6) is 0.0657. The number of aromatic amines is 1. The molecular formula is C12H10Cl2N4O. The largest absolute Gasteiger partial charge is 0.369 e. The van der Waals surface area contributed by atoms with E-state index in [-0.39, 0.29) is 17.2 Å². The number of nitrogen functional groups attached to an aromatic ring is 1. The molecule has 0 aliphatic carbocycles. The van der Waals surface area contributed by atoms with Crippen LogP contribution in [0.25, 0.3) is 0 Å². The van der Waals surface area contributed by atoms with Gasteiger partial charge in [-0.25, -0.2) is 9.98 Å². The first kappa shape index (κ1) is 13.6. The summed E-state index contributed by atoms with van der Waals surface area (Å²) in [4.78, 5) is 22.1.